The number of ether oxygens (including phenoxy) is 2. The maximum absolute atomic E-state index is 12.2. The van der Waals surface area contributed by atoms with Gasteiger partial charge < -0.3 is 9.47 Å². The Morgan fingerprint density at radius 2 is 2.00 bits per heavy atom. The highest BCUT2D eigenvalue weighted by molar-refractivity contribution is 5.69. The van der Waals surface area contributed by atoms with Crippen molar-refractivity contribution in [1.82, 2.24) is 0 Å². The van der Waals surface area contributed by atoms with E-state index in [1.165, 1.54) is 12.0 Å². The van der Waals surface area contributed by atoms with Gasteiger partial charge >= 0.3 is 5.97 Å². The van der Waals surface area contributed by atoms with Crippen molar-refractivity contribution in [3.8, 4) is 5.75 Å². The van der Waals surface area contributed by atoms with E-state index in [2.05, 4.69) is 39.0 Å². The molecule has 0 heterocycles. The molecule has 140 valence electrons. The van der Waals surface area contributed by atoms with Gasteiger partial charge in [0.25, 0.3) is 0 Å². The molecule has 0 aliphatic heterocycles. The van der Waals surface area contributed by atoms with Crippen LogP contribution in [0.1, 0.15) is 90.0 Å². The fourth-order valence-electron chi connectivity index (χ4n) is 3.50. The SMILES string of the molecule is CCCCCC(=O)OC1CCCCC1c1cccc(OC(C)CC)c1. The van der Waals surface area contributed by atoms with Crippen LogP contribution in [0.4, 0.5) is 0 Å². The first-order chi connectivity index (χ1) is 12.1. The molecule has 0 aromatic heterocycles. The van der Waals surface area contributed by atoms with Crippen molar-refractivity contribution in [2.24, 2.45) is 0 Å². The quantitative estimate of drug-likeness (QED) is 0.405. The van der Waals surface area contributed by atoms with Crippen LogP contribution in [0.15, 0.2) is 24.3 Å². The monoisotopic (exact) mass is 346 g/mol. The van der Waals surface area contributed by atoms with Crippen LogP contribution >= 0.6 is 0 Å². The van der Waals surface area contributed by atoms with Crippen molar-refractivity contribution < 1.29 is 14.3 Å². The van der Waals surface area contributed by atoms with Crippen LogP contribution in [0.2, 0.25) is 0 Å². The summed E-state index contributed by atoms with van der Waals surface area (Å²) in [6, 6.07) is 8.36. The van der Waals surface area contributed by atoms with Gasteiger partial charge in [0.15, 0.2) is 0 Å². The van der Waals surface area contributed by atoms with Crippen LogP contribution < -0.4 is 4.74 Å². The minimum absolute atomic E-state index is 0.0155. The summed E-state index contributed by atoms with van der Waals surface area (Å²) in [4.78, 5) is 12.2. The lowest BCUT2D eigenvalue weighted by atomic mass is 9.81. The van der Waals surface area contributed by atoms with Gasteiger partial charge in [0, 0.05) is 12.3 Å². The first-order valence-corrected chi connectivity index (χ1v) is 10.1. The Kier molecular flexibility index (Phi) is 8.30. The summed E-state index contributed by atoms with van der Waals surface area (Å²) in [6.45, 7) is 6.37. The number of rotatable bonds is 9. The molecule has 1 aromatic carbocycles. The number of hydrogen-bond donors (Lipinski definition) is 0. The lowest BCUT2D eigenvalue weighted by molar-refractivity contribution is -0.151. The lowest BCUT2D eigenvalue weighted by Crippen LogP contribution is -2.28. The normalized spacial score (nSPS) is 21.6. The first kappa shape index (κ1) is 19.8. The number of hydrogen-bond acceptors (Lipinski definition) is 3. The highest BCUT2D eigenvalue weighted by atomic mass is 16.5. The molecule has 1 aromatic rings. The van der Waals surface area contributed by atoms with Crippen molar-refractivity contribution in [1.29, 1.82) is 0 Å². The summed E-state index contributed by atoms with van der Waals surface area (Å²) in [5, 5.41) is 0. The van der Waals surface area contributed by atoms with E-state index < -0.39 is 0 Å². The number of unbranched alkanes of at least 4 members (excludes halogenated alkanes) is 2. The summed E-state index contributed by atoms with van der Waals surface area (Å²) in [7, 11) is 0. The van der Waals surface area contributed by atoms with Crippen LogP contribution in [-0.4, -0.2) is 18.2 Å². The molecule has 0 bridgehead atoms. The molecule has 1 aliphatic rings. The zero-order valence-corrected chi connectivity index (χ0v) is 16.1. The molecule has 0 spiro atoms. The molecular weight excluding hydrogens is 312 g/mol. The molecule has 3 nitrogen and oxygen atoms in total. The third kappa shape index (κ3) is 6.37. The highest BCUT2D eigenvalue weighted by Gasteiger charge is 2.29. The van der Waals surface area contributed by atoms with Gasteiger partial charge in [-0.25, -0.2) is 0 Å². The molecule has 1 aliphatic carbocycles. The molecule has 25 heavy (non-hydrogen) atoms. The van der Waals surface area contributed by atoms with Gasteiger partial charge in [0.1, 0.15) is 11.9 Å². The summed E-state index contributed by atoms with van der Waals surface area (Å²) >= 11 is 0. The van der Waals surface area contributed by atoms with Crippen molar-refractivity contribution in [3.63, 3.8) is 0 Å². The van der Waals surface area contributed by atoms with E-state index in [9.17, 15) is 4.79 Å². The zero-order chi connectivity index (χ0) is 18.1. The Balaban J connectivity index is 2.02. The molecular formula is C22H34O3. The zero-order valence-electron chi connectivity index (χ0n) is 16.1. The Hall–Kier alpha value is -1.51. The van der Waals surface area contributed by atoms with Crippen LogP contribution in [-0.2, 0) is 9.53 Å². The summed E-state index contributed by atoms with van der Waals surface area (Å²) in [6.07, 6.45) is 9.33. The van der Waals surface area contributed by atoms with Crippen molar-refractivity contribution in [2.75, 3.05) is 0 Å². The number of esters is 1. The van der Waals surface area contributed by atoms with Gasteiger partial charge in [-0.2, -0.15) is 0 Å². The second-order valence-corrected chi connectivity index (χ2v) is 7.29. The fourth-order valence-corrected chi connectivity index (χ4v) is 3.50. The van der Waals surface area contributed by atoms with Crippen LogP contribution in [0.25, 0.3) is 0 Å². The third-order valence-corrected chi connectivity index (χ3v) is 5.17. The molecule has 2 rings (SSSR count). The van der Waals surface area contributed by atoms with Crippen LogP contribution in [0, 0.1) is 0 Å². The maximum atomic E-state index is 12.2. The van der Waals surface area contributed by atoms with E-state index in [4.69, 9.17) is 9.47 Å². The summed E-state index contributed by atoms with van der Waals surface area (Å²) in [5.41, 5.74) is 1.24. The van der Waals surface area contributed by atoms with Gasteiger partial charge in [-0.15, -0.1) is 0 Å². The minimum atomic E-state index is -0.0302. The molecule has 3 heteroatoms. The van der Waals surface area contributed by atoms with Gasteiger partial charge in [0.05, 0.1) is 6.10 Å². The number of carbonyl (C=O) groups excluding carboxylic acids is 1. The average Bonchev–Trinajstić information content (AvgIpc) is 2.62. The lowest BCUT2D eigenvalue weighted by Gasteiger charge is -2.32. The van der Waals surface area contributed by atoms with E-state index in [0.717, 1.165) is 50.7 Å². The third-order valence-electron chi connectivity index (χ3n) is 5.17. The molecule has 1 saturated carbocycles. The smallest absolute Gasteiger partial charge is 0.306 e. The highest BCUT2D eigenvalue weighted by Crippen LogP contribution is 2.36. The minimum Gasteiger partial charge on any atom is -0.491 e. The summed E-state index contributed by atoms with van der Waals surface area (Å²) < 4.78 is 11.8. The molecule has 0 N–H and O–H groups in total. The van der Waals surface area contributed by atoms with Crippen molar-refractivity contribution in [3.05, 3.63) is 29.8 Å². The molecule has 0 amide bonds. The van der Waals surface area contributed by atoms with Gasteiger partial charge in [-0.05, 0) is 56.7 Å². The van der Waals surface area contributed by atoms with Crippen molar-refractivity contribution >= 4 is 5.97 Å². The Morgan fingerprint density at radius 3 is 2.76 bits per heavy atom. The van der Waals surface area contributed by atoms with Gasteiger partial charge in [0.2, 0.25) is 0 Å². The standard InChI is InChI=1S/C22H34O3/c1-4-6-7-15-22(23)25-21-14-9-8-13-20(21)18-11-10-12-19(16-18)24-17(3)5-2/h10-12,16-17,20-21H,4-9,13-15H2,1-3H3. The Morgan fingerprint density at radius 1 is 1.20 bits per heavy atom. The molecule has 0 saturated heterocycles. The van der Waals surface area contributed by atoms with Crippen LogP contribution in [0.3, 0.4) is 0 Å². The predicted octanol–water partition coefficient (Wildman–Crippen LogP) is 6.01. The second kappa shape index (κ2) is 10.5. The fraction of sp³-hybridized carbons (Fsp3) is 0.682. The predicted molar refractivity (Wildman–Crippen MR) is 102 cm³/mol. The average molecular weight is 347 g/mol. The number of benzene rings is 1. The van der Waals surface area contributed by atoms with Gasteiger partial charge in [-0.3, -0.25) is 4.79 Å². The largest absolute Gasteiger partial charge is 0.491 e. The van der Waals surface area contributed by atoms with Gasteiger partial charge in [-0.1, -0.05) is 45.2 Å². The Labute approximate surface area is 153 Å². The molecule has 0 radical (unpaired) electrons. The van der Waals surface area contributed by atoms with E-state index in [-0.39, 0.29) is 18.2 Å². The molecule has 3 unspecified atom stereocenters. The second-order valence-electron chi connectivity index (χ2n) is 7.29. The Bertz CT molecular complexity index is 526. The summed E-state index contributed by atoms with van der Waals surface area (Å²) in [5.74, 6) is 1.19. The topological polar surface area (TPSA) is 35.5 Å². The number of carbonyl (C=O) groups is 1. The van der Waals surface area contributed by atoms with E-state index >= 15 is 0 Å². The molecule has 1 fully saturated rings. The van der Waals surface area contributed by atoms with E-state index in [0.29, 0.717) is 12.3 Å². The van der Waals surface area contributed by atoms with Crippen LogP contribution in [0.5, 0.6) is 5.75 Å². The first-order valence-electron chi connectivity index (χ1n) is 10.1. The molecule has 3 atom stereocenters. The van der Waals surface area contributed by atoms with E-state index in [1.54, 1.807) is 0 Å². The van der Waals surface area contributed by atoms with E-state index in [1.807, 2.05) is 6.07 Å². The maximum Gasteiger partial charge on any atom is 0.306 e. The van der Waals surface area contributed by atoms with Crippen molar-refractivity contribution in [2.45, 2.75) is 96.7 Å².